The molecule has 0 radical (unpaired) electrons. The van der Waals surface area contributed by atoms with Gasteiger partial charge in [0.05, 0.1) is 18.1 Å². The van der Waals surface area contributed by atoms with E-state index in [1.54, 1.807) is 12.3 Å². The molecule has 0 aliphatic heterocycles. The summed E-state index contributed by atoms with van der Waals surface area (Å²) in [7, 11) is 0. The summed E-state index contributed by atoms with van der Waals surface area (Å²) in [6.07, 6.45) is 4.62. The van der Waals surface area contributed by atoms with Crippen LogP contribution in [0.1, 0.15) is 29.5 Å². The van der Waals surface area contributed by atoms with Crippen molar-refractivity contribution < 1.29 is 13.6 Å². The Morgan fingerprint density at radius 2 is 2.22 bits per heavy atom. The fourth-order valence-corrected chi connectivity index (χ4v) is 1.84. The Labute approximate surface area is 110 Å². The molecule has 2 rings (SSSR count). The predicted octanol–water partition coefficient (Wildman–Crippen LogP) is 3.28. The average Bonchev–Trinajstić information content (AvgIpc) is 2.97. The van der Waals surface area contributed by atoms with Gasteiger partial charge in [-0.25, -0.2) is 0 Å². The quantitative estimate of drug-likeness (QED) is 0.904. The number of hydrogen-bond donors (Lipinski definition) is 1. The zero-order valence-corrected chi connectivity index (χ0v) is 10.7. The summed E-state index contributed by atoms with van der Waals surface area (Å²) in [6.45, 7) is 1.94. The van der Waals surface area contributed by atoms with E-state index in [2.05, 4.69) is 5.32 Å². The van der Waals surface area contributed by atoms with Crippen LogP contribution < -0.4 is 5.32 Å². The molecule has 0 aliphatic rings. The van der Waals surface area contributed by atoms with E-state index in [1.165, 1.54) is 6.26 Å². The summed E-state index contributed by atoms with van der Waals surface area (Å²) in [6, 6.07) is 5.36. The Morgan fingerprint density at radius 3 is 2.83 bits per heavy atom. The Kier molecular flexibility index (Phi) is 4.10. The SMILES string of the molecule is CC(CCc1ccco1)NC(=O)c1ccoc1Cl. The molecule has 2 aromatic rings. The number of hydrogen-bond acceptors (Lipinski definition) is 3. The number of amides is 1. The molecule has 4 nitrogen and oxygen atoms in total. The predicted molar refractivity (Wildman–Crippen MR) is 67.7 cm³/mol. The Balaban J connectivity index is 1.82. The van der Waals surface area contributed by atoms with Gasteiger partial charge in [0.1, 0.15) is 5.76 Å². The summed E-state index contributed by atoms with van der Waals surface area (Å²) in [5.41, 5.74) is 0.363. The number of aryl methyl sites for hydroxylation is 1. The Morgan fingerprint density at radius 1 is 1.39 bits per heavy atom. The first-order chi connectivity index (χ1) is 8.66. The molecule has 0 aliphatic carbocycles. The maximum Gasteiger partial charge on any atom is 0.256 e. The van der Waals surface area contributed by atoms with Crippen LogP contribution in [0, 0.1) is 0 Å². The van der Waals surface area contributed by atoms with E-state index in [9.17, 15) is 4.79 Å². The standard InChI is InChI=1S/C13H14ClNO3/c1-9(4-5-10-3-2-7-17-10)15-13(16)11-6-8-18-12(11)14/h2-3,6-9H,4-5H2,1H3,(H,15,16). The van der Waals surface area contributed by atoms with Gasteiger partial charge in [0, 0.05) is 12.5 Å². The van der Waals surface area contributed by atoms with Crippen LogP contribution >= 0.6 is 11.6 Å². The van der Waals surface area contributed by atoms with Crippen LogP contribution in [-0.4, -0.2) is 11.9 Å². The van der Waals surface area contributed by atoms with Gasteiger partial charge in [-0.05, 0) is 43.1 Å². The van der Waals surface area contributed by atoms with E-state index in [0.29, 0.717) is 5.56 Å². The van der Waals surface area contributed by atoms with Gasteiger partial charge in [-0.1, -0.05) is 0 Å². The molecular weight excluding hydrogens is 254 g/mol. The zero-order valence-electron chi connectivity index (χ0n) is 9.98. The maximum absolute atomic E-state index is 11.8. The van der Waals surface area contributed by atoms with E-state index < -0.39 is 0 Å². The summed E-state index contributed by atoms with van der Waals surface area (Å²) in [5.74, 6) is 0.693. The third-order valence-electron chi connectivity index (χ3n) is 2.64. The van der Waals surface area contributed by atoms with Crippen molar-refractivity contribution in [2.45, 2.75) is 25.8 Å². The third-order valence-corrected chi connectivity index (χ3v) is 2.94. The van der Waals surface area contributed by atoms with Crippen molar-refractivity contribution in [1.29, 1.82) is 0 Å². The minimum atomic E-state index is -0.222. The molecule has 0 bridgehead atoms. The van der Waals surface area contributed by atoms with Crippen LogP contribution in [0.5, 0.6) is 0 Å². The minimum Gasteiger partial charge on any atom is -0.469 e. The van der Waals surface area contributed by atoms with E-state index in [-0.39, 0.29) is 17.2 Å². The lowest BCUT2D eigenvalue weighted by Crippen LogP contribution is -2.32. The Bertz CT molecular complexity index is 504. The second-order valence-corrected chi connectivity index (χ2v) is 4.44. The molecule has 0 fully saturated rings. The number of rotatable bonds is 5. The van der Waals surface area contributed by atoms with Crippen LogP contribution in [0.3, 0.4) is 0 Å². The highest BCUT2D eigenvalue weighted by atomic mass is 35.5. The van der Waals surface area contributed by atoms with Gasteiger partial charge >= 0.3 is 0 Å². The largest absolute Gasteiger partial charge is 0.469 e. The Hall–Kier alpha value is -1.68. The highest BCUT2D eigenvalue weighted by molar-refractivity contribution is 6.32. The first-order valence-electron chi connectivity index (χ1n) is 5.73. The highest BCUT2D eigenvalue weighted by Crippen LogP contribution is 2.16. The lowest BCUT2D eigenvalue weighted by Gasteiger charge is -2.12. The van der Waals surface area contributed by atoms with Gasteiger partial charge < -0.3 is 14.2 Å². The third kappa shape index (κ3) is 3.17. The molecule has 5 heteroatoms. The number of furan rings is 2. The maximum atomic E-state index is 11.8. The fourth-order valence-electron chi connectivity index (χ4n) is 1.64. The van der Waals surface area contributed by atoms with Crippen molar-refractivity contribution >= 4 is 17.5 Å². The second kappa shape index (κ2) is 5.78. The van der Waals surface area contributed by atoms with Crippen LogP contribution in [-0.2, 0) is 6.42 Å². The zero-order chi connectivity index (χ0) is 13.0. The fraction of sp³-hybridized carbons (Fsp3) is 0.308. The summed E-state index contributed by atoms with van der Waals surface area (Å²) >= 11 is 5.73. The molecule has 0 saturated carbocycles. The topological polar surface area (TPSA) is 55.4 Å². The number of carbonyl (C=O) groups excluding carboxylic acids is 1. The normalized spacial score (nSPS) is 12.3. The molecule has 2 aromatic heterocycles. The van der Waals surface area contributed by atoms with Crippen LogP contribution in [0.4, 0.5) is 0 Å². The molecule has 1 atom stereocenters. The lowest BCUT2D eigenvalue weighted by molar-refractivity contribution is 0.0937. The van der Waals surface area contributed by atoms with Crippen LogP contribution in [0.15, 0.2) is 39.6 Å². The molecule has 0 saturated heterocycles. The molecule has 0 spiro atoms. The molecular formula is C13H14ClNO3. The monoisotopic (exact) mass is 267 g/mol. The molecule has 0 aromatic carbocycles. The van der Waals surface area contributed by atoms with Crippen LogP contribution in [0.25, 0.3) is 0 Å². The van der Waals surface area contributed by atoms with Gasteiger partial charge in [0.15, 0.2) is 0 Å². The van der Waals surface area contributed by atoms with Crippen molar-refractivity contribution in [3.63, 3.8) is 0 Å². The molecule has 96 valence electrons. The minimum absolute atomic E-state index is 0.0357. The second-order valence-electron chi connectivity index (χ2n) is 4.10. The van der Waals surface area contributed by atoms with Crippen molar-refractivity contribution in [2.24, 2.45) is 0 Å². The number of carbonyl (C=O) groups is 1. The first kappa shape index (κ1) is 12.8. The highest BCUT2D eigenvalue weighted by Gasteiger charge is 2.15. The van der Waals surface area contributed by atoms with Crippen molar-refractivity contribution in [2.75, 3.05) is 0 Å². The van der Waals surface area contributed by atoms with Gasteiger partial charge in [0.2, 0.25) is 5.22 Å². The molecule has 1 unspecified atom stereocenters. The van der Waals surface area contributed by atoms with E-state index >= 15 is 0 Å². The lowest BCUT2D eigenvalue weighted by atomic mass is 10.1. The van der Waals surface area contributed by atoms with Crippen LogP contribution in [0.2, 0.25) is 5.22 Å². The summed E-state index contributed by atoms with van der Waals surface area (Å²) < 4.78 is 10.1. The van der Waals surface area contributed by atoms with E-state index in [4.69, 9.17) is 20.4 Å². The smallest absolute Gasteiger partial charge is 0.256 e. The molecule has 1 amide bonds. The van der Waals surface area contributed by atoms with E-state index in [1.807, 2.05) is 19.1 Å². The van der Waals surface area contributed by atoms with Gasteiger partial charge in [-0.3, -0.25) is 4.79 Å². The van der Waals surface area contributed by atoms with Gasteiger partial charge in [0.25, 0.3) is 5.91 Å². The summed E-state index contributed by atoms with van der Waals surface area (Å²) in [4.78, 5) is 11.8. The first-order valence-corrected chi connectivity index (χ1v) is 6.11. The molecule has 1 N–H and O–H groups in total. The van der Waals surface area contributed by atoms with E-state index in [0.717, 1.165) is 18.6 Å². The summed E-state index contributed by atoms with van der Waals surface area (Å²) in [5, 5.41) is 2.98. The number of halogens is 1. The molecule has 2 heterocycles. The van der Waals surface area contributed by atoms with Gasteiger partial charge in [-0.2, -0.15) is 0 Å². The number of nitrogens with one attached hydrogen (secondary N) is 1. The van der Waals surface area contributed by atoms with Crippen molar-refractivity contribution in [1.82, 2.24) is 5.32 Å². The van der Waals surface area contributed by atoms with Crippen molar-refractivity contribution in [3.05, 3.63) is 47.3 Å². The van der Waals surface area contributed by atoms with Crippen molar-refractivity contribution in [3.8, 4) is 0 Å². The molecule has 18 heavy (non-hydrogen) atoms. The van der Waals surface area contributed by atoms with Gasteiger partial charge in [-0.15, -0.1) is 0 Å². The average molecular weight is 268 g/mol.